The molecule has 0 atom stereocenters. The van der Waals surface area contributed by atoms with Gasteiger partial charge in [0.1, 0.15) is 0 Å². The minimum Gasteiger partial charge on any atom is -0.330 e. The van der Waals surface area contributed by atoms with Gasteiger partial charge < -0.3 is 5.73 Å². The van der Waals surface area contributed by atoms with Crippen LogP contribution in [0, 0.1) is 5.92 Å². The summed E-state index contributed by atoms with van der Waals surface area (Å²) in [4.78, 5) is 0.205. The monoisotopic (exact) mass is 346 g/mol. The Bertz CT molecular complexity index is 704. The van der Waals surface area contributed by atoms with Crippen molar-refractivity contribution >= 4 is 19.9 Å². The Morgan fingerprint density at radius 2 is 1.64 bits per heavy atom. The lowest BCUT2D eigenvalue weighted by Gasteiger charge is -2.30. The Morgan fingerprint density at radius 3 is 2.09 bits per heavy atom. The number of rotatable bonds is 5. The van der Waals surface area contributed by atoms with Crippen LogP contribution >= 0.6 is 0 Å². The number of benzene rings is 1. The summed E-state index contributed by atoms with van der Waals surface area (Å²) in [5.74, 6) is 0.304. The number of nitrogens with two attached hydrogens (primary N) is 1. The number of nitrogens with zero attached hydrogens (tertiary/aromatic N) is 1. The van der Waals surface area contributed by atoms with Gasteiger partial charge in [0.2, 0.25) is 10.0 Å². The molecule has 1 fully saturated rings. The molecule has 0 amide bonds. The predicted molar refractivity (Wildman–Crippen MR) is 85.5 cm³/mol. The van der Waals surface area contributed by atoms with Crippen LogP contribution in [-0.4, -0.2) is 47.0 Å². The third-order valence-electron chi connectivity index (χ3n) is 3.90. The van der Waals surface area contributed by atoms with Crippen molar-refractivity contribution in [1.82, 2.24) is 4.31 Å². The molecule has 1 aromatic carbocycles. The fourth-order valence-electron chi connectivity index (χ4n) is 2.59. The lowest BCUT2D eigenvalue weighted by molar-refractivity contribution is 0.278. The zero-order valence-corrected chi connectivity index (χ0v) is 14.2. The van der Waals surface area contributed by atoms with E-state index in [0.717, 1.165) is 19.1 Å². The molecule has 124 valence electrons. The van der Waals surface area contributed by atoms with E-state index in [1.165, 1.54) is 16.4 Å². The molecular formula is C14H22N2O4S2. The largest absolute Gasteiger partial charge is 0.330 e. The molecule has 0 aliphatic carbocycles. The van der Waals surface area contributed by atoms with Gasteiger partial charge in [0.05, 0.1) is 10.6 Å². The van der Waals surface area contributed by atoms with E-state index in [2.05, 4.69) is 0 Å². The second kappa shape index (κ2) is 6.66. The maximum atomic E-state index is 12.6. The van der Waals surface area contributed by atoms with Gasteiger partial charge in [-0.3, -0.25) is 0 Å². The topological polar surface area (TPSA) is 97.5 Å². The predicted octanol–water partition coefficient (Wildman–Crippen LogP) is 0.591. The summed E-state index contributed by atoms with van der Waals surface area (Å²) in [5, 5.41) is 0. The molecule has 0 saturated carbocycles. The molecule has 1 aromatic rings. The molecular weight excluding hydrogens is 324 g/mol. The molecule has 0 radical (unpaired) electrons. The first kappa shape index (κ1) is 17.4. The van der Waals surface area contributed by atoms with E-state index in [4.69, 9.17) is 5.73 Å². The van der Waals surface area contributed by atoms with E-state index < -0.39 is 19.9 Å². The summed E-state index contributed by atoms with van der Waals surface area (Å²) in [6.07, 6.45) is 2.71. The number of hydrogen-bond donors (Lipinski definition) is 1. The Kier molecular flexibility index (Phi) is 5.26. The second-order valence-electron chi connectivity index (χ2n) is 5.80. The lowest BCUT2D eigenvalue weighted by atomic mass is 9.99. The first-order valence-electron chi connectivity index (χ1n) is 7.19. The number of sulfone groups is 1. The van der Waals surface area contributed by atoms with E-state index in [9.17, 15) is 16.8 Å². The van der Waals surface area contributed by atoms with Crippen molar-refractivity contribution < 1.29 is 16.8 Å². The number of piperidine rings is 1. The maximum absolute atomic E-state index is 12.6. The molecule has 1 aliphatic heterocycles. The van der Waals surface area contributed by atoms with Gasteiger partial charge in [-0.25, -0.2) is 16.8 Å². The van der Waals surface area contributed by atoms with Crippen LogP contribution in [0.1, 0.15) is 18.4 Å². The zero-order chi connectivity index (χ0) is 16.4. The van der Waals surface area contributed by atoms with Gasteiger partial charge in [0, 0.05) is 19.3 Å². The summed E-state index contributed by atoms with van der Waals surface area (Å²) in [6.45, 7) is 1.55. The van der Waals surface area contributed by atoms with Gasteiger partial charge in [0.15, 0.2) is 9.84 Å². The average molecular weight is 346 g/mol. The van der Waals surface area contributed by atoms with Crippen molar-refractivity contribution in [3.05, 3.63) is 29.8 Å². The van der Waals surface area contributed by atoms with Crippen molar-refractivity contribution in [2.45, 2.75) is 23.5 Å². The standard InChI is InChI=1S/C14H22N2O4S2/c1-21(17,18)11-13-2-4-14(5-3-13)22(19,20)16-8-6-12(10-15)7-9-16/h2-5,12H,6-11,15H2,1H3. The van der Waals surface area contributed by atoms with E-state index in [0.29, 0.717) is 31.1 Å². The summed E-state index contributed by atoms with van der Waals surface area (Å²) in [6, 6.07) is 6.07. The Hall–Kier alpha value is -0.960. The van der Waals surface area contributed by atoms with Crippen molar-refractivity contribution in [2.24, 2.45) is 11.7 Å². The highest BCUT2D eigenvalue weighted by atomic mass is 32.2. The van der Waals surface area contributed by atoms with E-state index in [1.807, 2.05) is 0 Å². The lowest BCUT2D eigenvalue weighted by Crippen LogP contribution is -2.40. The fraction of sp³-hybridized carbons (Fsp3) is 0.571. The molecule has 1 saturated heterocycles. The average Bonchev–Trinajstić information content (AvgIpc) is 2.46. The fourth-order valence-corrected chi connectivity index (χ4v) is 4.86. The second-order valence-corrected chi connectivity index (χ2v) is 9.88. The maximum Gasteiger partial charge on any atom is 0.243 e. The highest BCUT2D eigenvalue weighted by molar-refractivity contribution is 7.90. The number of sulfonamides is 1. The van der Waals surface area contributed by atoms with Crippen LogP contribution in [0.4, 0.5) is 0 Å². The van der Waals surface area contributed by atoms with Gasteiger partial charge in [-0.2, -0.15) is 4.31 Å². The molecule has 0 aromatic heterocycles. The quantitative estimate of drug-likeness (QED) is 0.841. The molecule has 6 nitrogen and oxygen atoms in total. The van der Waals surface area contributed by atoms with Gasteiger partial charge in [-0.15, -0.1) is 0 Å². The molecule has 0 bridgehead atoms. The minimum atomic E-state index is -3.51. The molecule has 1 heterocycles. The minimum absolute atomic E-state index is 0.0881. The third-order valence-corrected chi connectivity index (χ3v) is 6.67. The first-order chi connectivity index (χ1) is 10.2. The van der Waals surface area contributed by atoms with Crippen molar-refractivity contribution in [1.29, 1.82) is 0 Å². The molecule has 22 heavy (non-hydrogen) atoms. The van der Waals surface area contributed by atoms with Crippen LogP contribution in [0.5, 0.6) is 0 Å². The van der Waals surface area contributed by atoms with Crippen LogP contribution in [0.3, 0.4) is 0 Å². The van der Waals surface area contributed by atoms with Gasteiger partial charge >= 0.3 is 0 Å². The Morgan fingerprint density at radius 1 is 1.09 bits per heavy atom. The molecule has 2 rings (SSSR count). The normalized spacial score (nSPS) is 18.5. The summed E-state index contributed by atoms with van der Waals surface area (Å²) in [7, 11) is -6.64. The Labute approximate surface area is 132 Å². The Balaban J connectivity index is 2.13. The van der Waals surface area contributed by atoms with Gasteiger partial charge in [0.25, 0.3) is 0 Å². The first-order valence-corrected chi connectivity index (χ1v) is 10.7. The molecule has 8 heteroatoms. The third kappa shape index (κ3) is 4.28. The van der Waals surface area contributed by atoms with E-state index in [1.54, 1.807) is 12.1 Å². The van der Waals surface area contributed by atoms with Crippen molar-refractivity contribution in [3.63, 3.8) is 0 Å². The van der Waals surface area contributed by atoms with Gasteiger partial charge in [-0.1, -0.05) is 12.1 Å². The highest BCUT2D eigenvalue weighted by Crippen LogP contribution is 2.23. The molecule has 2 N–H and O–H groups in total. The smallest absolute Gasteiger partial charge is 0.243 e. The SMILES string of the molecule is CS(=O)(=O)Cc1ccc(S(=O)(=O)N2CCC(CN)CC2)cc1. The van der Waals surface area contributed by atoms with E-state index in [-0.39, 0.29) is 10.6 Å². The van der Waals surface area contributed by atoms with Crippen molar-refractivity contribution in [2.75, 3.05) is 25.9 Å². The highest BCUT2D eigenvalue weighted by Gasteiger charge is 2.28. The molecule has 1 aliphatic rings. The van der Waals surface area contributed by atoms with Crippen LogP contribution in [0.25, 0.3) is 0 Å². The van der Waals surface area contributed by atoms with Crippen LogP contribution in [0.15, 0.2) is 29.2 Å². The summed E-state index contributed by atoms with van der Waals surface area (Å²) >= 11 is 0. The summed E-state index contributed by atoms with van der Waals surface area (Å²) < 4.78 is 49.1. The molecule has 0 unspecified atom stereocenters. The number of hydrogen-bond acceptors (Lipinski definition) is 5. The van der Waals surface area contributed by atoms with Gasteiger partial charge in [-0.05, 0) is 43.0 Å². The van der Waals surface area contributed by atoms with Crippen LogP contribution < -0.4 is 5.73 Å². The van der Waals surface area contributed by atoms with Crippen LogP contribution in [0.2, 0.25) is 0 Å². The zero-order valence-electron chi connectivity index (χ0n) is 12.6. The van der Waals surface area contributed by atoms with Crippen LogP contribution in [-0.2, 0) is 25.6 Å². The summed E-state index contributed by atoms with van der Waals surface area (Å²) in [5.41, 5.74) is 6.21. The van der Waals surface area contributed by atoms with Crippen molar-refractivity contribution in [3.8, 4) is 0 Å². The van der Waals surface area contributed by atoms with E-state index >= 15 is 0 Å². The molecule has 0 spiro atoms.